The van der Waals surface area contributed by atoms with E-state index >= 15 is 0 Å². The van der Waals surface area contributed by atoms with Crippen molar-refractivity contribution in [3.05, 3.63) is 52.3 Å². The summed E-state index contributed by atoms with van der Waals surface area (Å²) >= 11 is 0. The number of H-pyrrole nitrogens is 1. The van der Waals surface area contributed by atoms with Crippen molar-refractivity contribution in [3.63, 3.8) is 0 Å². The number of terminal acetylenes is 1. The smallest absolute Gasteiger partial charge is 0.259 e. The van der Waals surface area contributed by atoms with Crippen molar-refractivity contribution in [1.29, 1.82) is 0 Å². The third kappa shape index (κ3) is 5.16. The van der Waals surface area contributed by atoms with Crippen LogP contribution < -0.4 is 16.0 Å². The SMILES string of the molecule is C#CCNC(=O)c1ccc2c(c1)N(CC1CCC(N)CC1)C(=O)/C2=C\c1[nH]c(C)cc1C.Cl. The topological polar surface area (TPSA) is 91.2 Å². The standard InChI is InChI=1S/C26H30N4O2.ClH/c1-4-11-28-25(31)19-7-10-21-22(14-23-16(2)12-17(3)29-23)26(32)30(24(21)13-19)15-18-5-8-20(27)9-6-18;/h1,7,10,12-14,18,20,29H,5-6,8-9,11,15,27H2,2-3H3,(H,28,31);1H/b22-14-;. The first kappa shape index (κ1) is 24.6. The Bertz CT molecular complexity index is 1120. The van der Waals surface area contributed by atoms with E-state index in [4.69, 9.17) is 12.2 Å². The van der Waals surface area contributed by atoms with E-state index in [0.717, 1.165) is 53.9 Å². The number of carbonyl (C=O) groups is 2. The minimum absolute atomic E-state index is 0. The third-order valence-corrected chi connectivity index (χ3v) is 6.48. The summed E-state index contributed by atoms with van der Waals surface area (Å²) in [6.07, 6.45) is 11.2. The van der Waals surface area contributed by atoms with Crippen LogP contribution in [-0.2, 0) is 4.79 Å². The number of aromatic amines is 1. The van der Waals surface area contributed by atoms with Crippen LogP contribution in [0.25, 0.3) is 11.6 Å². The Hall–Kier alpha value is -3.01. The highest BCUT2D eigenvalue weighted by Crippen LogP contribution is 2.40. The number of benzene rings is 1. The number of nitrogens with zero attached hydrogens (tertiary/aromatic N) is 1. The molecule has 0 spiro atoms. The molecular weight excluding hydrogens is 436 g/mol. The molecule has 2 amide bonds. The number of hydrogen-bond acceptors (Lipinski definition) is 3. The van der Waals surface area contributed by atoms with Crippen molar-refractivity contribution in [1.82, 2.24) is 10.3 Å². The number of aromatic nitrogens is 1. The van der Waals surface area contributed by atoms with Crippen LogP contribution in [0.15, 0.2) is 24.3 Å². The number of anilines is 1. The van der Waals surface area contributed by atoms with Crippen LogP contribution in [0.4, 0.5) is 5.69 Å². The molecule has 0 bridgehead atoms. The minimum Gasteiger partial charge on any atom is -0.359 e. The summed E-state index contributed by atoms with van der Waals surface area (Å²) in [5.74, 6) is 2.55. The molecule has 0 unspecified atom stereocenters. The molecule has 2 heterocycles. The van der Waals surface area contributed by atoms with E-state index in [0.29, 0.717) is 23.6 Å². The Morgan fingerprint density at radius 2 is 2.00 bits per heavy atom. The Kier molecular flexibility index (Phi) is 7.68. The van der Waals surface area contributed by atoms with E-state index < -0.39 is 0 Å². The number of amides is 2. The molecule has 174 valence electrons. The van der Waals surface area contributed by atoms with Crippen LogP contribution in [0.1, 0.15) is 58.6 Å². The minimum atomic E-state index is -0.241. The van der Waals surface area contributed by atoms with Gasteiger partial charge in [-0.2, -0.15) is 0 Å². The van der Waals surface area contributed by atoms with Gasteiger partial charge in [-0.3, -0.25) is 9.59 Å². The summed E-state index contributed by atoms with van der Waals surface area (Å²) < 4.78 is 0. The number of carbonyl (C=O) groups excluding carboxylic acids is 2. The predicted molar refractivity (Wildman–Crippen MR) is 135 cm³/mol. The third-order valence-electron chi connectivity index (χ3n) is 6.48. The maximum Gasteiger partial charge on any atom is 0.259 e. The molecule has 2 aromatic rings. The maximum absolute atomic E-state index is 13.6. The zero-order chi connectivity index (χ0) is 22.8. The molecule has 1 aliphatic carbocycles. The van der Waals surface area contributed by atoms with Crippen molar-refractivity contribution in [2.24, 2.45) is 11.7 Å². The molecule has 0 atom stereocenters. The number of fused-ring (bicyclic) bond motifs is 1. The summed E-state index contributed by atoms with van der Waals surface area (Å²) in [5.41, 5.74) is 11.9. The molecule has 2 aliphatic rings. The Labute approximate surface area is 201 Å². The van der Waals surface area contributed by atoms with Crippen molar-refractivity contribution >= 4 is 41.6 Å². The first-order valence-electron chi connectivity index (χ1n) is 11.2. The fourth-order valence-corrected chi connectivity index (χ4v) is 4.72. The molecule has 33 heavy (non-hydrogen) atoms. The second-order valence-electron chi connectivity index (χ2n) is 8.92. The van der Waals surface area contributed by atoms with Crippen molar-refractivity contribution in [2.75, 3.05) is 18.0 Å². The van der Waals surface area contributed by atoms with Gasteiger partial charge < -0.3 is 20.9 Å². The molecule has 4 rings (SSSR count). The van der Waals surface area contributed by atoms with Crippen molar-refractivity contribution < 1.29 is 9.59 Å². The van der Waals surface area contributed by atoms with Gasteiger partial charge in [0.1, 0.15) is 0 Å². The molecule has 1 aromatic carbocycles. The highest BCUT2D eigenvalue weighted by Gasteiger charge is 2.35. The van der Waals surface area contributed by atoms with E-state index in [1.54, 1.807) is 12.1 Å². The van der Waals surface area contributed by atoms with Crippen molar-refractivity contribution in [3.8, 4) is 12.3 Å². The first-order valence-corrected chi connectivity index (χ1v) is 11.2. The lowest BCUT2D eigenvalue weighted by Gasteiger charge is -2.30. The zero-order valence-electron chi connectivity index (χ0n) is 19.1. The van der Waals surface area contributed by atoms with Crippen LogP contribution in [-0.4, -0.2) is 35.9 Å². The number of aryl methyl sites for hydroxylation is 2. The number of halogens is 1. The number of nitrogens with one attached hydrogen (secondary N) is 2. The molecule has 1 aliphatic heterocycles. The second-order valence-corrected chi connectivity index (χ2v) is 8.92. The molecule has 6 nitrogen and oxygen atoms in total. The van der Waals surface area contributed by atoms with E-state index in [1.807, 2.05) is 30.9 Å². The van der Waals surface area contributed by atoms with Gasteiger partial charge in [0.15, 0.2) is 0 Å². The summed E-state index contributed by atoms with van der Waals surface area (Å²) in [6.45, 7) is 4.82. The quantitative estimate of drug-likeness (QED) is 0.462. The lowest BCUT2D eigenvalue weighted by atomic mass is 9.86. The largest absolute Gasteiger partial charge is 0.359 e. The van der Waals surface area contributed by atoms with Crippen LogP contribution in [0.5, 0.6) is 0 Å². The average Bonchev–Trinajstić information content (AvgIpc) is 3.23. The predicted octanol–water partition coefficient (Wildman–Crippen LogP) is 3.82. The summed E-state index contributed by atoms with van der Waals surface area (Å²) in [4.78, 5) is 31.2. The normalized spacial score (nSPS) is 20.8. The molecule has 0 radical (unpaired) electrons. The zero-order valence-corrected chi connectivity index (χ0v) is 19.9. The van der Waals surface area contributed by atoms with Gasteiger partial charge in [0.25, 0.3) is 11.8 Å². The van der Waals surface area contributed by atoms with E-state index in [2.05, 4.69) is 22.3 Å². The number of rotatable bonds is 5. The molecule has 1 fully saturated rings. The van der Waals surface area contributed by atoms with Crippen LogP contribution in [0, 0.1) is 32.1 Å². The summed E-state index contributed by atoms with van der Waals surface area (Å²) in [5, 5.41) is 2.70. The molecular formula is C26H31ClN4O2. The van der Waals surface area contributed by atoms with E-state index in [1.165, 1.54) is 0 Å². The van der Waals surface area contributed by atoms with Gasteiger partial charge in [-0.05, 0) is 75.3 Å². The molecule has 7 heteroatoms. The average molecular weight is 467 g/mol. The van der Waals surface area contributed by atoms with Gasteiger partial charge in [0, 0.05) is 35.1 Å². The molecule has 4 N–H and O–H groups in total. The monoisotopic (exact) mass is 466 g/mol. The van der Waals surface area contributed by atoms with E-state index in [9.17, 15) is 9.59 Å². The second kappa shape index (κ2) is 10.3. The Morgan fingerprint density at radius 3 is 2.64 bits per heavy atom. The fourth-order valence-electron chi connectivity index (χ4n) is 4.72. The van der Waals surface area contributed by atoms with Gasteiger partial charge in [-0.15, -0.1) is 18.8 Å². The van der Waals surface area contributed by atoms with Gasteiger partial charge in [-0.1, -0.05) is 12.0 Å². The fraction of sp³-hybridized carbons (Fsp3) is 0.385. The lowest BCUT2D eigenvalue weighted by Crippen LogP contribution is -2.36. The van der Waals surface area contributed by atoms with Crippen molar-refractivity contribution in [2.45, 2.75) is 45.6 Å². The van der Waals surface area contributed by atoms with Gasteiger partial charge in [0.05, 0.1) is 17.8 Å². The van der Waals surface area contributed by atoms with Gasteiger partial charge in [0.2, 0.25) is 0 Å². The summed E-state index contributed by atoms with van der Waals surface area (Å²) in [6, 6.07) is 7.75. The van der Waals surface area contributed by atoms with Crippen LogP contribution >= 0.6 is 12.4 Å². The number of nitrogens with two attached hydrogens (primary N) is 1. The first-order chi connectivity index (χ1) is 15.4. The summed E-state index contributed by atoms with van der Waals surface area (Å²) in [7, 11) is 0. The highest BCUT2D eigenvalue weighted by molar-refractivity contribution is 6.36. The molecule has 1 aromatic heterocycles. The van der Waals surface area contributed by atoms with Gasteiger partial charge in [-0.25, -0.2) is 0 Å². The molecule has 1 saturated carbocycles. The lowest BCUT2D eigenvalue weighted by molar-refractivity contribution is -0.113. The Morgan fingerprint density at radius 1 is 1.27 bits per heavy atom. The maximum atomic E-state index is 13.6. The Balaban J connectivity index is 0.00000306. The van der Waals surface area contributed by atoms with Crippen LogP contribution in [0.2, 0.25) is 0 Å². The highest BCUT2D eigenvalue weighted by atomic mass is 35.5. The van der Waals surface area contributed by atoms with Gasteiger partial charge >= 0.3 is 0 Å². The van der Waals surface area contributed by atoms with Crippen LogP contribution in [0.3, 0.4) is 0 Å². The molecule has 0 saturated heterocycles. The van der Waals surface area contributed by atoms with E-state index in [-0.39, 0.29) is 36.8 Å². The number of hydrogen-bond donors (Lipinski definition) is 3.